The predicted molar refractivity (Wildman–Crippen MR) is 106 cm³/mol. The Morgan fingerprint density at radius 3 is 2.59 bits per heavy atom. The minimum Gasteiger partial charge on any atom is -0.323 e. The number of hydrogen-bond donors (Lipinski definition) is 2. The highest BCUT2D eigenvalue weighted by atomic mass is 35.5. The van der Waals surface area contributed by atoms with Gasteiger partial charge in [0.25, 0.3) is 5.91 Å². The lowest BCUT2D eigenvalue weighted by molar-refractivity contribution is 0.102. The Hall–Kier alpha value is -3.14. The molecule has 0 saturated carbocycles. The van der Waals surface area contributed by atoms with Gasteiger partial charge in [0.05, 0.1) is 27.0 Å². The average Bonchev–Trinajstić information content (AvgIpc) is 2.65. The number of para-hydroxylation sites is 1. The molecule has 3 rings (SSSR count). The Morgan fingerprint density at radius 1 is 1.07 bits per heavy atom. The summed E-state index contributed by atoms with van der Waals surface area (Å²) in [5, 5.41) is 15.4. The van der Waals surface area contributed by atoms with Gasteiger partial charge in [0.15, 0.2) is 0 Å². The molecule has 1 aromatic heterocycles. The van der Waals surface area contributed by atoms with E-state index in [2.05, 4.69) is 26.7 Å². The minimum atomic E-state index is -0.457. The van der Waals surface area contributed by atoms with Crippen molar-refractivity contribution in [2.75, 3.05) is 10.6 Å². The quantitative estimate of drug-likeness (QED) is 0.648. The van der Waals surface area contributed by atoms with Crippen LogP contribution in [-0.4, -0.2) is 15.9 Å². The number of halogens is 2. The van der Waals surface area contributed by atoms with E-state index in [4.69, 9.17) is 23.2 Å². The van der Waals surface area contributed by atoms with Gasteiger partial charge in [0.1, 0.15) is 11.8 Å². The topological polar surface area (TPSA) is 90.7 Å². The van der Waals surface area contributed by atoms with Crippen molar-refractivity contribution in [3.63, 3.8) is 0 Å². The lowest BCUT2D eigenvalue weighted by atomic mass is 10.2. The molecule has 0 unspecified atom stereocenters. The fourth-order valence-corrected chi connectivity index (χ4v) is 2.69. The van der Waals surface area contributed by atoms with Crippen molar-refractivity contribution in [3.8, 4) is 6.07 Å². The van der Waals surface area contributed by atoms with E-state index in [9.17, 15) is 10.1 Å². The lowest BCUT2D eigenvalue weighted by Crippen LogP contribution is -2.16. The third-order valence-electron chi connectivity index (χ3n) is 3.58. The van der Waals surface area contributed by atoms with Gasteiger partial charge in [-0.05, 0) is 37.3 Å². The minimum absolute atomic E-state index is 0.149. The Balaban J connectivity index is 1.88. The smallest absolute Gasteiger partial charge is 0.274 e. The molecular formula is C19H13Cl2N5O. The van der Waals surface area contributed by atoms with Crippen molar-refractivity contribution in [1.82, 2.24) is 9.97 Å². The molecule has 0 aliphatic carbocycles. The normalized spacial score (nSPS) is 10.1. The number of amides is 1. The molecule has 0 bridgehead atoms. The van der Waals surface area contributed by atoms with Crippen LogP contribution < -0.4 is 10.6 Å². The Labute approximate surface area is 165 Å². The van der Waals surface area contributed by atoms with Gasteiger partial charge in [-0.3, -0.25) is 4.79 Å². The van der Waals surface area contributed by atoms with E-state index in [-0.39, 0.29) is 16.7 Å². The molecule has 2 aromatic carbocycles. The van der Waals surface area contributed by atoms with Gasteiger partial charge < -0.3 is 10.6 Å². The van der Waals surface area contributed by atoms with Gasteiger partial charge in [-0.15, -0.1) is 0 Å². The standard InChI is InChI=1S/C19H13Cl2N5O/c1-11-9-16(18(27)24-15-8-4-6-13(20)17(15)21)26-19(23-11)25-14-7-3-2-5-12(14)10-22/h2-9H,1H3,(H,24,27)(H,23,25,26). The first kappa shape index (κ1) is 18.6. The van der Waals surface area contributed by atoms with E-state index in [1.165, 1.54) is 0 Å². The SMILES string of the molecule is Cc1cc(C(=O)Nc2cccc(Cl)c2Cl)nc(Nc2ccccc2C#N)n1. The maximum absolute atomic E-state index is 12.6. The maximum Gasteiger partial charge on any atom is 0.274 e. The zero-order valence-electron chi connectivity index (χ0n) is 14.1. The Morgan fingerprint density at radius 2 is 1.81 bits per heavy atom. The van der Waals surface area contributed by atoms with Crippen molar-refractivity contribution in [3.05, 3.63) is 75.5 Å². The second-order valence-electron chi connectivity index (χ2n) is 5.56. The van der Waals surface area contributed by atoms with Crippen LogP contribution in [0.1, 0.15) is 21.7 Å². The van der Waals surface area contributed by atoms with Gasteiger partial charge in [-0.2, -0.15) is 5.26 Å². The Kier molecular flexibility index (Phi) is 5.55. The summed E-state index contributed by atoms with van der Waals surface area (Å²) in [7, 11) is 0. The number of carbonyl (C=O) groups is 1. The molecule has 8 heteroatoms. The summed E-state index contributed by atoms with van der Waals surface area (Å²) in [5.74, 6) is -0.249. The number of nitriles is 1. The molecule has 27 heavy (non-hydrogen) atoms. The zero-order chi connectivity index (χ0) is 19.4. The summed E-state index contributed by atoms with van der Waals surface area (Å²) >= 11 is 12.1. The number of anilines is 3. The number of hydrogen-bond acceptors (Lipinski definition) is 5. The van der Waals surface area contributed by atoms with E-state index in [0.717, 1.165) is 0 Å². The molecule has 3 aromatic rings. The number of aryl methyl sites for hydroxylation is 1. The number of benzene rings is 2. The molecule has 0 aliphatic rings. The third-order valence-corrected chi connectivity index (χ3v) is 4.40. The van der Waals surface area contributed by atoms with Crippen LogP contribution in [0, 0.1) is 18.3 Å². The van der Waals surface area contributed by atoms with Crippen LogP contribution in [0.5, 0.6) is 0 Å². The summed E-state index contributed by atoms with van der Waals surface area (Å²) in [5.41, 5.74) is 2.11. The molecule has 0 radical (unpaired) electrons. The number of nitrogens with zero attached hydrogens (tertiary/aromatic N) is 3. The van der Waals surface area contributed by atoms with Crippen LogP contribution in [0.4, 0.5) is 17.3 Å². The van der Waals surface area contributed by atoms with Crippen molar-refractivity contribution >= 4 is 46.4 Å². The molecular weight excluding hydrogens is 385 g/mol. The number of aromatic nitrogens is 2. The number of carbonyl (C=O) groups excluding carboxylic acids is 1. The molecule has 0 fully saturated rings. The highest BCUT2D eigenvalue weighted by molar-refractivity contribution is 6.44. The summed E-state index contributed by atoms with van der Waals surface area (Å²) in [6.45, 7) is 1.74. The summed E-state index contributed by atoms with van der Waals surface area (Å²) in [4.78, 5) is 21.1. The van der Waals surface area contributed by atoms with E-state index in [0.29, 0.717) is 27.7 Å². The van der Waals surface area contributed by atoms with E-state index in [1.807, 2.05) is 0 Å². The first-order valence-corrected chi connectivity index (χ1v) is 8.60. The van der Waals surface area contributed by atoms with Gasteiger partial charge in [0.2, 0.25) is 5.95 Å². The maximum atomic E-state index is 12.6. The highest BCUT2D eigenvalue weighted by Gasteiger charge is 2.14. The van der Waals surface area contributed by atoms with Crippen LogP contribution >= 0.6 is 23.2 Å². The van der Waals surface area contributed by atoms with Crippen LogP contribution in [0.3, 0.4) is 0 Å². The monoisotopic (exact) mass is 397 g/mol. The fraction of sp³-hybridized carbons (Fsp3) is 0.0526. The summed E-state index contributed by atoms with van der Waals surface area (Å²) < 4.78 is 0. The number of rotatable bonds is 4. The van der Waals surface area contributed by atoms with Crippen LogP contribution in [0.15, 0.2) is 48.5 Å². The van der Waals surface area contributed by atoms with E-state index < -0.39 is 5.91 Å². The molecule has 134 valence electrons. The average molecular weight is 398 g/mol. The van der Waals surface area contributed by atoms with Crippen molar-refractivity contribution in [2.24, 2.45) is 0 Å². The lowest BCUT2D eigenvalue weighted by Gasteiger charge is -2.11. The molecule has 0 saturated heterocycles. The molecule has 6 nitrogen and oxygen atoms in total. The predicted octanol–water partition coefficient (Wildman–Crippen LogP) is 4.96. The van der Waals surface area contributed by atoms with Crippen molar-refractivity contribution in [2.45, 2.75) is 6.92 Å². The molecule has 0 aliphatic heterocycles. The van der Waals surface area contributed by atoms with Crippen molar-refractivity contribution < 1.29 is 4.79 Å². The molecule has 0 spiro atoms. The number of nitrogens with one attached hydrogen (secondary N) is 2. The highest BCUT2D eigenvalue weighted by Crippen LogP contribution is 2.29. The van der Waals surface area contributed by atoms with Crippen LogP contribution in [0.25, 0.3) is 0 Å². The van der Waals surface area contributed by atoms with Gasteiger partial charge in [-0.25, -0.2) is 9.97 Å². The second-order valence-corrected chi connectivity index (χ2v) is 6.34. The van der Waals surface area contributed by atoms with Crippen LogP contribution in [0.2, 0.25) is 10.0 Å². The van der Waals surface area contributed by atoms with Crippen molar-refractivity contribution in [1.29, 1.82) is 5.26 Å². The van der Waals surface area contributed by atoms with E-state index in [1.54, 1.807) is 55.5 Å². The largest absolute Gasteiger partial charge is 0.323 e. The first-order chi connectivity index (χ1) is 13.0. The van der Waals surface area contributed by atoms with Gasteiger partial charge >= 0.3 is 0 Å². The Bertz CT molecular complexity index is 1060. The zero-order valence-corrected chi connectivity index (χ0v) is 15.6. The first-order valence-electron chi connectivity index (χ1n) is 7.85. The molecule has 1 amide bonds. The molecule has 0 atom stereocenters. The third kappa shape index (κ3) is 4.34. The molecule has 2 N–H and O–H groups in total. The summed E-state index contributed by atoms with van der Waals surface area (Å²) in [6.07, 6.45) is 0. The van der Waals surface area contributed by atoms with E-state index >= 15 is 0 Å². The van der Waals surface area contributed by atoms with Crippen LogP contribution in [-0.2, 0) is 0 Å². The second kappa shape index (κ2) is 8.04. The fourth-order valence-electron chi connectivity index (χ4n) is 2.34. The van der Waals surface area contributed by atoms with Gasteiger partial charge in [0, 0.05) is 5.69 Å². The van der Waals surface area contributed by atoms with Gasteiger partial charge in [-0.1, -0.05) is 41.4 Å². The molecule has 1 heterocycles. The summed E-state index contributed by atoms with van der Waals surface area (Å²) in [6, 6.07) is 15.5.